The van der Waals surface area contributed by atoms with Crippen LogP contribution in [0.4, 0.5) is 0 Å². The van der Waals surface area contributed by atoms with Crippen molar-refractivity contribution in [1.29, 1.82) is 5.26 Å². The highest BCUT2D eigenvalue weighted by molar-refractivity contribution is 7.86. The third-order valence-corrected chi connectivity index (χ3v) is 5.53. The summed E-state index contributed by atoms with van der Waals surface area (Å²) in [6.45, 7) is 3.59. The maximum Gasteiger partial charge on any atom is 0.281 e. The van der Waals surface area contributed by atoms with Gasteiger partial charge < -0.3 is 4.74 Å². The van der Waals surface area contributed by atoms with Crippen LogP contribution in [0.1, 0.15) is 26.2 Å². The predicted molar refractivity (Wildman–Crippen MR) is 77.1 cm³/mol. The average Bonchev–Trinajstić information content (AvgIpc) is 2.65. The van der Waals surface area contributed by atoms with Gasteiger partial charge in [0.15, 0.2) is 0 Å². The van der Waals surface area contributed by atoms with Crippen LogP contribution in [0.5, 0.6) is 0 Å². The molecule has 20 heavy (non-hydrogen) atoms. The largest absolute Gasteiger partial charge is 0.384 e. The zero-order chi connectivity index (χ0) is 15.2. The van der Waals surface area contributed by atoms with E-state index in [2.05, 4.69) is 6.07 Å². The van der Waals surface area contributed by atoms with Crippen LogP contribution in [0.2, 0.25) is 0 Å². The Hall–Kier alpha value is -0.680. The van der Waals surface area contributed by atoms with E-state index in [-0.39, 0.29) is 18.4 Å². The van der Waals surface area contributed by atoms with Crippen molar-refractivity contribution in [1.82, 2.24) is 8.61 Å². The molecule has 7 heteroatoms. The van der Waals surface area contributed by atoms with Crippen molar-refractivity contribution in [2.75, 3.05) is 40.4 Å². The number of methoxy groups -OCH3 is 1. The van der Waals surface area contributed by atoms with E-state index in [0.29, 0.717) is 19.7 Å². The monoisotopic (exact) mass is 303 g/mol. The van der Waals surface area contributed by atoms with Crippen molar-refractivity contribution in [3.05, 3.63) is 0 Å². The number of rotatable bonds is 6. The first-order valence-electron chi connectivity index (χ1n) is 7.01. The molecule has 0 aromatic rings. The van der Waals surface area contributed by atoms with Crippen LogP contribution in [-0.2, 0) is 14.9 Å². The zero-order valence-corrected chi connectivity index (χ0v) is 13.4. The van der Waals surface area contributed by atoms with E-state index < -0.39 is 10.2 Å². The molecule has 0 amide bonds. The SMILES string of the molecule is COC[C@@H]1CCCCN(S(=O)(=O)N(C)C[C@H](C)C#N)C1. The van der Waals surface area contributed by atoms with Crippen LogP contribution in [0, 0.1) is 23.2 Å². The summed E-state index contributed by atoms with van der Waals surface area (Å²) in [5.41, 5.74) is 0. The van der Waals surface area contributed by atoms with E-state index in [9.17, 15) is 8.42 Å². The molecule has 0 saturated carbocycles. The lowest BCUT2D eigenvalue weighted by atomic mass is 10.1. The van der Waals surface area contributed by atoms with Gasteiger partial charge in [-0.15, -0.1) is 0 Å². The van der Waals surface area contributed by atoms with Gasteiger partial charge in [-0.05, 0) is 25.7 Å². The smallest absolute Gasteiger partial charge is 0.281 e. The predicted octanol–water partition coefficient (Wildman–Crippen LogP) is 1.07. The van der Waals surface area contributed by atoms with Gasteiger partial charge in [-0.25, -0.2) is 0 Å². The molecule has 0 unspecified atom stereocenters. The number of nitriles is 1. The van der Waals surface area contributed by atoms with Crippen LogP contribution in [0.3, 0.4) is 0 Å². The van der Waals surface area contributed by atoms with Gasteiger partial charge in [0.1, 0.15) is 0 Å². The number of ether oxygens (including phenoxy) is 1. The van der Waals surface area contributed by atoms with Crippen LogP contribution in [0.15, 0.2) is 0 Å². The summed E-state index contributed by atoms with van der Waals surface area (Å²) in [6.07, 6.45) is 2.90. The number of nitrogens with zero attached hydrogens (tertiary/aromatic N) is 3. The molecular formula is C13H25N3O3S. The van der Waals surface area contributed by atoms with E-state index in [4.69, 9.17) is 10.00 Å². The van der Waals surface area contributed by atoms with Gasteiger partial charge in [0.05, 0.1) is 18.6 Å². The summed E-state index contributed by atoms with van der Waals surface area (Å²) in [7, 11) is -0.297. The molecule has 116 valence electrons. The molecule has 1 heterocycles. The van der Waals surface area contributed by atoms with Crippen molar-refractivity contribution >= 4 is 10.2 Å². The molecule has 0 aromatic heterocycles. The standard InChI is InChI=1S/C13H25N3O3S/c1-12(8-14)9-15(2)20(17,18)16-7-5-4-6-13(10-16)11-19-3/h12-13H,4-7,9-11H2,1-3H3/t12-,13-/m1/s1. The highest BCUT2D eigenvalue weighted by atomic mass is 32.2. The normalized spacial score (nSPS) is 23.2. The van der Waals surface area contributed by atoms with Gasteiger partial charge in [-0.1, -0.05) is 6.42 Å². The molecule has 1 saturated heterocycles. The van der Waals surface area contributed by atoms with Crippen molar-refractivity contribution in [3.63, 3.8) is 0 Å². The van der Waals surface area contributed by atoms with Crippen LogP contribution < -0.4 is 0 Å². The Morgan fingerprint density at radius 3 is 2.80 bits per heavy atom. The molecule has 1 aliphatic heterocycles. The summed E-state index contributed by atoms with van der Waals surface area (Å²) in [5.74, 6) is -0.0596. The van der Waals surface area contributed by atoms with Crippen LogP contribution in [-0.4, -0.2) is 57.4 Å². The molecule has 6 nitrogen and oxygen atoms in total. The average molecular weight is 303 g/mol. The maximum atomic E-state index is 12.5. The molecule has 0 aliphatic carbocycles. The first kappa shape index (κ1) is 17.4. The van der Waals surface area contributed by atoms with Gasteiger partial charge in [0.25, 0.3) is 10.2 Å². The lowest BCUT2D eigenvalue weighted by molar-refractivity contribution is 0.140. The summed E-state index contributed by atoms with van der Waals surface area (Å²) in [5, 5.41) is 8.82. The lowest BCUT2D eigenvalue weighted by Crippen LogP contribution is -2.45. The summed E-state index contributed by atoms with van der Waals surface area (Å²) in [6, 6.07) is 2.07. The summed E-state index contributed by atoms with van der Waals surface area (Å²) < 4.78 is 33.1. The van der Waals surface area contributed by atoms with E-state index in [1.807, 2.05) is 0 Å². The molecule has 0 spiro atoms. The Morgan fingerprint density at radius 2 is 2.20 bits per heavy atom. The van der Waals surface area contributed by atoms with E-state index in [1.54, 1.807) is 21.1 Å². The zero-order valence-electron chi connectivity index (χ0n) is 12.6. The first-order chi connectivity index (χ1) is 9.41. The molecule has 1 rings (SSSR count). The van der Waals surface area contributed by atoms with Gasteiger partial charge >= 0.3 is 0 Å². The summed E-state index contributed by atoms with van der Waals surface area (Å²) >= 11 is 0. The minimum atomic E-state index is -3.48. The van der Waals surface area contributed by atoms with Crippen molar-refractivity contribution in [2.45, 2.75) is 26.2 Å². The second-order valence-corrected chi connectivity index (χ2v) is 7.53. The second-order valence-electron chi connectivity index (χ2n) is 5.49. The molecule has 0 bridgehead atoms. The van der Waals surface area contributed by atoms with Gasteiger partial charge in [-0.2, -0.15) is 22.3 Å². The van der Waals surface area contributed by atoms with Gasteiger partial charge in [-0.3, -0.25) is 0 Å². The maximum absolute atomic E-state index is 12.5. The van der Waals surface area contributed by atoms with Crippen molar-refractivity contribution < 1.29 is 13.2 Å². The Labute approximate surface area is 122 Å². The molecule has 0 radical (unpaired) electrons. The second kappa shape index (κ2) is 7.93. The fraction of sp³-hybridized carbons (Fsp3) is 0.923. The Balaban J connectivity index is 2.76. The molecule has 0 aromatic carbocycles. The third kappa shape index (κ3) is 4.70. The topological polar surface area (TPSA) is 73.6 Å². The molecule has 0 N–H and O–H groups in total. The Morgan fingerprint density at radius 1 is 1.50 bits per heavy atom. The van der Waals surface area contributed by atoms with E-state index in [0.717, 1.165) is 19.3 Å². The van der Waals surface area contributed by atoms with Crippen LogP contribution in [0.25, 0.3) is 0 Å². The highest BCUT2D eigenvalue weighted by Crippen LogP contribution is 2.20. The fourth-order valence-electron chi connectivity index (χ4n) is 2.49. The minimum absolute atomic E-state index is 0.226. The minimum Gasteiger partial charge on any atom is -0.384 e. The van der Waals surface area contributed by atoms with E-state index in [1.165, 1.54) is 8.61 Å². The molecule has 1 fully saturated rings. The molecule has 2 atom stereocenters. The van der Waals surface area contributed by atoms with Crippen molar-refractivity contribution in [3.8, 4) is 6.07 Å². The molecule has 1 aliphatic rings. The first-order valence-corrected chi connectivity index (χ1v) is 8.41. The highest BCUT2D eigenvalue weighted by Gasteiger charge is 2.31. The number of hydrogen-bond acceptors (Lipinski definition) is 4. The molecular weight excluding hydrogens is 278 g/mol. The van der Waals surface area contributed by atoms with Gasteiger partial charge in [0, 0.05) is 33.8 Å². The Kier molecular flexibility index (Phi) is 6.89. The quantitative estimate of drug-likeness (QED) is 0.736. The van der Waals surface area contributed by atoms with Crippen molar-refractivity contribution in [2.24, 2.45) is 11.8 Å². The Bertz CT molecular complexity index is 433. The van der Waals surface area contributed by atoms with Crippen LogP contribution >= 0.6 is 0 Å². The van der Waals surface area contributed by atoms with E-state index >= 15 is 0 Å². The lowest BCUT2D eigenvalue weighted by Gasteiger charge is -2.28. The summed E-state index contributed by atoms with van der Waals surface area (Å²) in [4.78, 5) is 0. The fourth-order valence-corrected chi connectivity index (χ4v) is 4.06. The third-order valence-electron chi connectivity index (χ3n) is 3.61. The van der Waals surface area contributed by atoms with Gasteiger partial charge in [0.2, 0.25) is 0 Å². The number of hydrogen-bond donors (Lipinski definition) is 0.